The van der Waals surface area contributed by atoms with E-state index in [-0.39, 0.29) is 26.7 Å². The Morgan fingerprint density at radius 1 is 0.425 bits per heavy atom. The molecule has 3 aliphatic heterocycles. The topological polar surface area (TPSA) is 122 Å². The Kier molecular flexibility index (Phi) is 22.5. The van der Waals surface area contributed by atoms with E-state index in [0.717, 1.165) is 33.4 Å². The molecule has 1 N–H and O–H groups in total. The standard InChI is InChI=1S/C30H32O6.C30H34O6.CH4/c1-2-18-31-30-28(33-20-23-14-8-4-9-15-23)27(32-19-22-12-6-3-7-13-22)26-25(35-30)21-34-29(36-26)24-16-10-5-11-17-24;1-2-18-32-30-29(35-22-25-16-10-5-11-17-25)28(34-21-24-14-8-4-9-15-24)27(26(19-31)36-30)33-20-23-12-6-3-7-13-23;/h2-17,25-30H,1,18-21H2;2-17,26-31H,1,18-22H2;1H4/t25-,26-,27+,28-,29?,30+;26-,27-,28+,29-,30+;/m11./s1. The van der Waals surface area contributed by atoms with Crippen molar-refractivity contribution < 1.29 is 57.2 Å². The first-order valence-electron chi connectivity index (χ1n) is 24.6. The quantitative estimate of drug-likeness (QED) is 0.0615. The van der Waals surface area contributed by atoms with Gasteiger partial charge in [-0.05, 0) is 27.8 Å². The van der Waals surface area contributed by atoms with Crippen molar-refractivity contribution in [1.82, 2.24) is 0 Å². The minimum Gasteiger partial charge on any atom is -0.394 e. The lowest BCUT2D eigenvalue weighted by molar-refractivity contribution is -0.371. The van der Waals surface area contributed by atoms with Gasteiger partial charge in [-0.25, -0.2) is 0 Å². The third-order valence-electron chi connectivity index (χ3n) is 12.3. The molecular weight excluding hydrogens is 925 g/mol. The normalized spacial score (nSPS) is 25.5. The van der Waals surface area contributed by atoms with E-state index < -0.39 is 61.6 Å². The lowest BCUT2D eigenvalue weighted by Gasteiger charge is -2.48. The van der Waals surface area contributed by atoms with Crippen LogP contribution in [0.2, 0.25) is 0 Å². The lowest BCUT2D eigenvalue weighted by atomic mass is 9.97. The van der Waals surface area contributed by atoms with Crippen molar-refractivity contribution in [2.75, 3.05) is 26.4 Å². The molecule has 73 heavy (non-hydrogen) atoms. The number of rotatable bonds is 23. The SMILES string of the molecule is C.C=CCO[C@H]1O[C@@H]2COC(c3ccccc3)O[C@H]2[C@H](OCc2ccccc2)[C@H]1OCc1ccccc1.C=CCO[C@H]1O[C@H](CO)[C@@H](OCc2ccccc2)[C@H](OCc2ccccc2)[C@H]1OCc1ccccc1. The van der Waals surface area contributed by atoms with Crippen LogP contribution in [0.25, 0.3) is 0 Å². The van der Waals surface area contributed by atoms with Crippen LogP contribution in [0.1, 0.15) is 47.1 Å². The van der Waals surface area contributed by atoms with Gasteiger partial charge in [-0.2, -0.15) is 0 Å². The first-order valence-corrected chi connectivity index (χ1v) is 24.6. The van der Waals surface area contributed by atoms with Crippen LogP contribution < -0.4 is 0 Å². The molecule has 12 nitrogen and oxygen atoms in total. The van der Waals surface area contributed by atoms with Crippen molar-refractivity contribution in [2.24, 2.45) is 0 Å². The monoisotopic (exact) mass is 994 g/mol. The zero-order valence-corrected chi connectivity index (χ0v) is 40.5. The molecule has 11 atom stereocenters. The second-order valence-electron chi connectivity index (χ2n) is 17.5. The van der Waals surface area contributed by atoms with E-state index in [2.05, 4.69) is 13.2 Å². The molecule has 3 saturated heterocycles. The van der Waals surface area contributed by atoms with Crippen molar-refractivity contribution in [3.63, 3.8) is 0 Å². The summed E-state index contributed by atoms with van der Waals surface area (Å²) in [4.78, 5) is 0. The summed E-state index contributed by atoms with van der Waals surface area (Å²) < 4.78 is 69.2. The number of hydrogen-bond donors (Lipinski definition) is 1. The van der Waals surface area contributed by atoms with E-state index in [0.29, 0.717) is 46.2 Å². The second kappa shape index (κ2) is 29.9. The van der Waals surface area contributed by atoms with Crippen LogP contribution >= 0.6 is 0 Å². The van der Waals surface area contributed by atoms with E-state index in [1.165, 1.54) is 0 Å². The summed E-state index contributed by atoms with van der Waals surface area (Å²) in [6.07, 6.45) is -2.71. The molecule has 9 rings (SSSR count). The molecule has 1 unspecified atom stereocenters. The van der Waals surface area contributed by atoms with E-state index in [1.807, 2.05) is 182 Å². The van der Waals surface area contributed by atoms with Crippen LogP contribution in [0.5, 0.6) is 0 Å². The Labute approximate surface area is 430 Å². The molecule has 3 aliphatic rings. The van der Waals surface area contributed by atoms with Gasteiger partial charge in [0, 0.05) is 5.56 Å². The van der Waals surface area contributed by atoms with Crippen molar-refractivity contribution in [3.8, 4) is 0 Å². The van der Waals surface area contributed by atoms with Crippen molar-refractivity contribution in [1.29, 1.82) is 0 Å². The van der Waals surface area contributed by atoms with Crippen molar-refractivity contribution in [2.45, 2.75) is 108 Å². The zero-order chi connectivity index (χ0) is 49.6. The number of fused-ring (bicyclic) bond motifs is 1. The molecule has 3 heterocycles. The maximum atomic E-state index is 10.2. The third-order valence-corrected chi connectivity index (χ3v) is 12.3. The zero-order valence-electron chi connectivity index (χ0n) is 40.5. The fourth-order valence-corrected chi connectivity index (χ4v) is 8.71. The predicted octanol–water partition coefficient (Wildman–Crippen LogP) is 10.5. The second-order valence-corrected chi connectivity index (χ2v) is 17.5. The molecular formula is C61H70O12. The van der Waals surface area contributed by atoms with Gasteiger partial charge in [0.05, 0.1) is 59.5 Å². The summed E-state index contributed by atoms with van der Waals surface area (Å²) in [5.74, 6) is 0. The Bertz CT molecular complexity index is 2300. The summed E-state index contributed by atoms with van der Waals surface area (Å²) >= 11 is 0. The Hall–Kier alpha value is -5.68. The van der Waals surface area contributed by atoms with Gasteiger partial charge >= 0.3 is 0 Å². The van der Waals surface area contributed by atoms with Crippen LogP contribution in [-0.4, -0.2) is 92.9 Å². The fraction of sp³-hybridized carbons (Fsp3) is 0.344. The summed E-state index contributed by atoms with van der Waals surface area (Å²) in [6, 6.07) is 59.7. The Balaban J connectivity index is 0.000000211. The van der Waals surface area contributed by atoms with Crippen molar-refractivity contribution >= 4 is 0 Å². The molecule has 3 fully saturated rings. The highest BCUT2D eigenvalue weighted by molar-refractivity contribution is 5.19. The van der Waals surface area contributed by atoms with E-state index in [1.54, 1.807) is 12.2 Å². The summed E-state index contributed by atoms with van der Waals surface area (Å²) in [6.45, 7) is 10.1. The minimum atomic E-state index is -0.763. The first-order chi connectivity index (χ1) is 35.6. The summed E-state index contributed by atoms with van der Waals surface area (Å²) in [7, 11) is 0. The van der Waals surface area contributed by atoms with Gasteiger partial charge in [0.2, 0.25) is 0 Å². The van der Waals surface area contributed by atoms with Crippen LogP contribution in [0.4, 0.5) is 0 Å². The minimum absolute atomic E-state index is 0. The highest BCUT2D eigenvalue weighted by atomic mass is 16.8. The van der Waals surface area contributed by atoms with E-state index in [9.17, 15) is 5.11 Å². The van der Waals surface area contributed by atoms with Gasteiger partial charge in [-0.15, -0.1) is 13.2 Å². The average Bonchev–Trinajstić information content (AvgIpc) is 3.45. The third kappa shape index (κ3) is 16.2. The summed E-state index contributed by atoms with van der Waals surface area (Å²) in [5.41, 5.74) is 6.13. The van der Waals surface area contributed by atoms with Crippen LogP contribution in [0.3, 0.4) is 0 Å². The molecule has 0 aromatic heterocycles. The molecule has 386 valence electrons. The van der Waals surface area contributed by atoms with E-state index >= 15 is 0 Å². The van der Waals surface area contributed by atoms with Gasteiger partial charge in [-0.1, -0.05) is 202 Å². The number of aliphatic hydroxyl groups is 1. The molecule has 12 heteroatoms. The molecule has 0 aliphatic carbocycles. The number of benzene rings is 6. The van der Waals surface area contributed by atoms with Gasteiger partial charge in [-0.3, -0.25) is 0 Å². The van der Waals surface area contributed by atoms with Crippen LogP contribution in [0.15, 0.2) is 207 Å². The fourth-order valence-electron chi connectivity index (χ4n) is 8.71. The number of hydrogen-bond acceptors (Lipinski definition) is 12. The van der Waals surface area contributed by atoms with Gasteiger partial charge in [0.1, 0.15) is 48.8 Å². The molecule has 0 radical (unpaired) electrons. The predicted molar refractivity (Wildman–Crippen MR) is 279 cm³/mol. The maximum Gasteiger partial charge on any atom is 0.187 e. The molecule has 0 saturated carbocycles. The molecule has 0 spiro atoms. The summed E-state index contributed by atoms with van der Waals surface area (Å²) in [5, 5.41) is 10.2. The molecule has 6 aromatic rings. The number of ether oxygens (including phenoxy) is 11. The molecule has 0 amide bonds. The largest absolute Gasteiger partial charge is 0.394 e. The lowest BCUT2D eigenvalue weighted by Crippen LogP contribution is -2.63. The highest BCUT2D eigenvalue weighted by Crippen LogP contribution is 2.38. The maximum absolute atomic E-state index is 10.2. The molecule has 6 aromatic carbocycles. The van der Waals surface area contributed by atoms with Crippen molar-refractivity contribution in [3.05, 3.63) is 241 Å². The smallest absolute Gasteiger partial charge is 0.187 e. The average molecular weight is 995 g/mol. The van der Waals surface area contributed by atoms with Gasteiger partial charge in [0.25, 0.3) is 0 Å². The van der Waals surface area contributed by atoms with Crippen LogP contribution in [-0.2, 0) is 85.1 Å². The Morgan fingerprint density at radius 2 is 0.781 bits per heavy atom. The van der Waals surface area contributed by atoms with Gasteiger partial charge < -0.3 is 57.2 Å². The van der Waals surface area contributed by atoms with Crippen LogP contribution in [0, 0.1) is 0 Å². The number of aliphatic hydroxyl groups excluding tert-OH is 1. The van der Waals surface area contributed by atoms with E-state index in [4.69, 9.17) is 52.1 Å². The van der Waals surface area contributed by atoms with Gasteiger partial charge in [0.15, 0.2) is 18.9 Å². The Morgan fingerprint density at radius 3 is 1.19 bits per heavy atom. The first kappa shape index (κ1) is 55.1. The molecule has 0 bridgehead atoms. The highest BCUT2D eigenvalue weighted by Gasteiger charge is 2.52.